The van der Waals surface area contributed by atoms with Gasteiger partial charge in [-0.05, 0) is 43.4 Å². The molecule has 1 saturated heterocycles. The number of hydrogen-bond acceptors (Lipinski definition) is 10. The maximum Gasteiger partial charge on any atom is 0.510 e. The molecule has 0 radical (unpaired) electrons. The maximum atomic E-state index is 13.5. The van der Waals surface area contributed by atoms with E-state index in [0.29, 0.717) is 21.6 Å². The molecule has 2 aromatic rings. The highest BCUT2D eigenvalue weighted by Gasteiger charge is 2.39. The second-order valence-corrected chi connectivity index (χ2v) is 10.3. The van der Waals surface area contributed by atoms with Gasteiger partial charge in [-0.15, -0.1) is 0 Å². The number of H-pyrrole nitrogens is 1. The van der Waals surface area contributed by atoms with E-state index in [4.69, 9.17) is 9.47 Å². The van der Waals surface area contributed by atoms with Gasteiger partial charge in [0.15, 0.2) is 12.6 Å². The third-order valence-corrected chi connectivity index (χ3v) is 6.86. The zero-order chi connectivity index (χ0) is 31.7. The summed E-state index contributed by atoms with van der Waals surface area (Å²) in [5.74, 6) is -2.90. The minimum atomic E-state index is -1.41. The number of likely N-dealkylation sites (tertiary alicyclic amines) is 1. The molecule has 0 spiro atoms. The molecule has 234 valence electrons. The van der Waals surface area contributed by atoms with Crippen LogP contribution in [0.15, 0.2) is 24.3 Å². The molecule has 2 heterocycles. The van der Waals surface area contributed by atoms with Crippen molar-refractivity contribution in [2.24, 2.45) is 11.8 Å². The number of benzene rings is 1. The van der Waals surface area contributed by atoms with Crippen molar-refractivity contribution in [2.75, 3.05) is 34.2 Å². The Morgan fingerprint density at radius 2 is 1.86 bits per heavy atom. The number of ketones is 1. The number of carbonyl (C=O) groups is 6. The Bertz CT molecular complexity index is 1360. The van der Waals surface area contributed by atoms with Crippen molar-refractivity contribution in [1.29, 1.82) is 0 Å². The van der Waals surface area contributed by atoms with Crippen molar-refractivity contribution in [3.63, 3.8) is 0 Å². The van der Waals surface area contributed by atoms with Gasteiger partial charge < -0.3 is 39.7 Å². The van der Waals surface area contributed by atoms with E-state index in [-0.39, 0.29) is 37.4 Å². The average molecular weight is 605 g/mol. The van der Waals surface area contributed by atoms with Crippen LogP contribution < -0.4 is 15.4 Å². The third kappa shape index (κ3) is 8.67. The highest BCUT2D eigenvalue weighted by atomic mass is 16.8. The molecule has 4 amide bonds. The molecule has 1 aliphatic heterocycles. The summed E-state index contributed by atoms with van der Waals surface area (Å²) in [6.45, 7) is 2.48. The van der Waals surface area contributed by atoms with Crippen LogP contribution in [0.2, 0.25) is 0 Å². The van der Waals surface area contributed by atoms with Gasteiger partial charge in [0.2, 0.25) is 11.8 Å². The Hall–Kier alpha value is -4.66. The summed E-state index contributed by atoms with van der Waals surface area (Å²) in [6.07, 6.45) is -2.24. The van der Waals surface area contributed by atoms with Crippen LogP contribution in [0.1, 0.15) is 43.6 Å². The number of Topliss-reactive ketones (excluding diaryl/α,β-unsaturated/α-hetero) is 1. The fourth-order valence-corrected chi connectivity index (χ4v) is 4.73. The summed E-state index contributed by atoms with van der Waals surface area (Å²) < 4.78 is 19.3. The largest absolute Gasteiger partial charge is 0.510 e. The van der Waals surface area contributed by atoms with Crippen molar-refractivity contribution in [2.45, 2.75) is 45.2 Å². The SMILES string of the molecule is COC(=O)OCOCC(=O)C(C[C@@H]1CCN(C(=O)O)C1=O)NC(=O)C(CC(C)C)NC(=O)c1cc2c(OC)cccc2[nH]1. The number of rotatable bonds is 14. The molecule has 3 atom stereocenters. The van der Waals surface area contributed by atoms with Gasteiger partial charge in [0.25, 0.3) is 5.91 Å². The third-order valence-electron chi connectivity index (χ3n) is 6.86. The minimum absolute atomic E-state index is 0.0349. The Labute approximate surface area is 247 Å². The molecular weight excluding hydrogens is 568 g/mol. The number of fused-ring (bicyclic) bond motifs is 1. The van der Waals surface area contributed by atoms with Gasteiger partial charge in [-0.25, -0.2) is 14.5 Å². The number of hydrogen-bond donors (Lipinski definition) is 4. The van der Waals surface area contributed by atoms with E-state index in [0.717, 1.165) is 7.11 Å². The Kier molecular flexibility index (Phi) is 11.5. The molecule has 1 aromatic heterocycles. The van der Waals surface area contributed by atoms with Gasteiger partial charge in [0.05, 0.1) is 20.3 Å². The Balaban J connectivity index is 1.76. The van der Waals surface area contributed by atoms with Crippen molar-refractivity contribution < 1.29 is 52.8 Å². The molecule has 0 saturated carbocycles. The van der Waals surface area contributed by atoms with Gasteiger partial charge in [0, 0.05) is 23.4 Å². The van der Waals surface area contributed by atoms with E-state index in [9.17, 15) is 33.9 Å². The summed E-state index contributed by atoms with van der Waals surface area (Å²) in [4.78, 5) is 78.5. The Morgan fingerprint density at radius 1 is 1.12 bits per heavy atom. The van der Waals surface area contributed by atoms with Gasteiger partial charge in [-0.1, -0.05) is 19.9 Å². The summed E-state index contributed by atoms with van der Waals surface area (Å²) in [5.41, 5.74) is 0.853. The highest BCUT2D eigenvalue weighted by molar-refractivity contribution is 6.02. The topological polar surface area (TPSA) is 203 Å². The zero-order valence-electron chi connectivity index (χ0n) is 24.3. The van der Waals surface area contributed by atoms with E-state index in [2.05, 4.69) is 25.1 Å². The molecular formula is C28H36N4O11. The maximum absolute atomic E-state index is 13.5. The average Bonchev–Trinajstić information content (AvgIpc) is 3.57. The smallest absolute Gasteiger partial charge is 0.496 e. The number of ether oxygens (including phenoxy) is 4. The first-order valence-corrected chi connectivity index (χ1v) is 13.6. The molecule has 3 rings (SSSR count). The molecule has 0 aliphatic carbocycles. The number of nitrogens with zero attached hydrogens (tertiary/aromatic N) is 1. The zero-order valence-corrected chi connectivity index (χ0v) is 24.3. The van der Waals surface area contributed by atoms with Crippen LogP contribution in [-0.2, 0) is 28.6 Å². The quantitative estimate of drug-likeness (QED) is 0.140. The van der Waals surface area contributed by atoms with Crippen molar-refractivity contribution in [1.82, 2.24) is 20.5 Å². The van der Waals surface area contributed by atoms with E-state index in [1.54, 1.807) is 24.3 Å². The molecule has 0 bridgehead atoms. The molecule has 1 fully saturated rings. The number of amides is 4. The van der Waals surface area contributed by atoms with Crippen LogP contribution in [0.25, 0.3) is 10.9 Å². The predicted molar refractivity (Wildman–Crippen MR) is 149 cm³/mol. The first kappa shape index (κ1) is 32.8. The van der Waals surface area contributed by atoms with Gasteiger partial charge in [-0.2, -0.15) is 0 Å². The highest BCUT2D eigenvalue weighted by Crippen LogP contribution is 2.26. The predicted octanol–water partition coefficient (Wildman–Crippen LogP) is 2.05. The van der Waals surface area contributed by atoms with Crippen molar-refractivity contribution in [3.05, 3.63) is 30.0 Å². The first-order valence-electron chi connectivity index (χ1n) is 13.6. The number of carboxylic acid groups (broad SMARTS) is 1. The lowest BCUT2D eigenvalue weighted by molar-refractivity contribution is -0.135. The fourth-order valence-electron chi connectivity index (χ4n) is 4.73. The van der Waals surface area contributed by atoms with Crippen LogP contribution in [0, 0.1) is 11.8 Å². The van der Waals surface area contributed by atoms with Crippen LogP contribution in [0.5, 0.6) is 5.75 Å². The molecule has 1 aliphatic rings. The molecule has 43 heavy (non-hydrogen) atoms. The standard InChI is InChI=1S/C28H36N4O11/c1-15(2)10-20(31-25(35)21-12-17-18(29-21)6-5-7-23(17)40-3)24(34)30-19(22(33)13-42-14-43-28(39)41-4)11-16-8-9-32(26(16)36)27(37)38/h5-7,12,15-16,19-20,29H,8-11,13-14H2,1-4H3,(H,30,34)(H,31,35)(H,37,38)/t16-,19?,20?/m0/s1. The number of nitrogens with one attached hydrogen (secondary N) is 3. The Morgan fingerprint density at radius 3 is 2.49 bits per heavy atom. The minimum Gasteiger partial charge on any atom is -0.496 e. The molecule has 15 heteroatoms. The van der Waals surface area contributed by atoms with E-state index >= 15 is 0 Å². The van der Waals surface area contributed by atoms with Crippen molar-refractivity contribution >= 4 is 46.7 Å². The van der Waals surface area contributed by atoms with E-state index < -0.39 is 67.2 Å². The second kappa shape index (κ2) is 15.0. The number of methoxy groups -OCH3 is 2. The normalized spacial score (nSPS) is 16.1. The molecule has 2 unspecified atom stereocenters. The molecule has 1 aromatic carbocycles. The lowest BCUT2D eigenvalue weighted by atomic mass is 9.95. The fraction of sp³-hybridized carbons (Fsp3) is 0.500. The van der Waals surface area contributed by atoms with Crippen LogP contribution in [0.3, 0.4) is 0 Å². The monoisotopic (exact) mass is 604 g/mol. The van der Waals surface area contributed by atoms with Gasteiger partial charge in [-0.3, -0.25) is 19.2 Å². The second-order valence-electron chi connectivity index (χ2n) is 10.3. The summed E-state index contributed by atoms with van der Waals surface area (Å²) in [7, 11) is 2.61. The lowest BCUT2D eigenvalue weighted by Crippen LogP contribution is -2.53. The molecule has 15 nitrogen and oxygen atoms in total. The lowest BCUT2D eigenvalue weighted by Gasteiger charge is -2.25. The van der Waals surface area contributed by atoms with Gasteiger partial charge in [0.1, 0.15) is 24.1 Å². The number of carbonyl (C=O) groups excluding carboxylic acids is 5. The molecule has 4 N–H and O–H groups in total. The van der Waals surface area contributed by atoms with Crippen molar-refractivity contribution in [3.8, 4) is 5.75 Å². The van der Waals surface area contributed by atoms with Gasteiger partial charge >= 0.3 is 12.2 Å². The van der Waals surface area contributed by atoms with Crippen LogP contribution >= 0.6 is 0 Å². The van der Waals surface area contributed by atoms with Crippen LogP contribution in [-0.4, -0.2) is 97.0 Å². The van der Waals surface area contributed by atoms with Crippen LogP contribution in [0.4, 0.5) is 9.59 Å². The number of aromatic nitrogens is 1. The number of aromatic amines is 1. The summed E-state index contributed by atoms with van der Waals surface area (Å²) in [5, 5.41) is 15.3. The van der Waals surface area contributed by atoms with E-state index in [1.165, 1.54) is 7.11 Å². The number of imide groups is 1. The summed E-state index contributed by atoms with van der Waals surface area (Å²) in [6, 6.07) is 4.57. The summed E-state index contributed by atoms with van der Waals surface area (Å²) >= 11 is 0. The van der Waals surface area contributed by atoms with E-state index in [1.807, 2.05) is 13.8 Å². The first-order chi connectivity index (χ1) is 20.4.